The van der Waals surface area contributed by atoms with Crippen LogP contribution >= 0.6 is 0 Å². The van der Waals surface area contributed by atoms with E-state index in [1.807, 2.05) is 108 Å². The quantitative estimate of drug-likeness (QED) is 0.0187. The number of amides is 10. The number of hydrogen-bond acceptors (Lipinski definition) is 29. The smallest absolute Gasteiger partial charge is 0.276 e. The normalized spacial score (nSPS) is 14.5. The fourth-order valence-electron chi connectivity index (χ4n) is 18.5. The number of benzene rings is 5. The second-order valence-electron chi connectivity index (χ2n) is 36.1. The number of aromatic amines is 2. The molecule has 14 heterocycles. The Hall–Kier alpha value is -17.4. The summed E-state index contributed by atoms with van der Waals surface area (Å²) in [6, 6.07) is 52.0. The molecule has 14 aromatic rings. The number of methoxy groups -OCH3 is 4. The van der Waals surface area contributed by atoms with Crippen LogP contribution in [0.15, 0.2) is 213 Å². The molecule has 5 aliphatic heterocycles. The number of fused-ring (bicyclic) bond motifs is 4. The molecule has 0 aliphatic carbocycles. The van der Waals surface area contributed by atoms with Crippen LogP contribution < -0.4 is 97.4 Å². The van der Waals surface area contributed by atoms with Gasteiger partial charge in [0.1, 0.15) is 57.7 Å². The predicted molar refractivity (Wildman–Crippen MR) is 550 cm³/mol. The first-order valence-electron chi connectivity index (χ1n) is 48.3. The van der Waals surface area contributed by atoms with E-state index in [0.29, 0.717) is 75.1 Å². The highest BCUT2D eigenvalue weighted by molar-refractivity contribution is 6.07. The van der Waals surface area contributed by atoms with Gasteiger partial charge in [0.25, 0.3) is 53.2 Å². The zero-order valence-electron chi connectivity index (χ0n) is 82.6. The van der Waals surface area contributed by atoms with Crippen LogP contribution in [0, 0.1) is 5.82 Å². The van der Waals surface area contributed by atoms with E-state index in [4.69, 9.17) is 45.0 Å². The van der Waals surface area contributed by atoms with Crippen LogP contribution in [-0.4, -0.2) is 253 Å². The minimum Gasteiger partial charge on any atom is -0.497 e. The van der Waals surface area contributed by atoms with Crippen LogP contribution in [0.2, 0.25) is 0 Å². The highest BCUT2D eigenvalue weighted by atomic mass is 19.1. The van der Waals surface area contributed by atoms with Crippen molar-refractivity contribution in [1.29, 1.82) is 0 Å². The van der Waals surface area contributed by atoms with Crippen molar-refractivity contribution in [3.8, 4) is 23.0 Å². The zero-order chi connectivity index (χ0) is 105. The molecule has 0 saturated carbocycles. The number of piperidine rings is 5. The highest BCUT2D eigenvalue weighted by Gasteiger charge is 2.31. The van der Waals surface area contributed by atoms with E-state index in [9.17, 15) is 52.3 Å². The summed E-state index contributed by atoms with van der Waals surface area (Å²) >= 11 is 0. The van der Waals surface area contributed by atoms with Gasteiger partial charge in [-0.05, 0) is 209 Å². The van der Waals surface area contributed by atoms with Gasteiger partial charge in [0, 0.05) is 191 Å². The van der Waals surface area contributed by atoms with Gasteiger partial charge in [-0.15, -0.1) is 0 Å². The summed E-state index contributed by atoms with van der Waals surface area (Å²) in [5.41, 5.74) is 16.1. The maximum Gasteiger partial charge on any atom is 0.276 e. The number of para-hydroxylation sites is 2. The topological polar surface area (TPSA) is 551 Å². The number of aromatic nitrogens is 9. The largest absolute Gasteiger partial charge is 0.497 e. The number of aryl methyl sites for hydroxylation is 2. The fourth-order valence-corrected chi connectivity index (χ4v) is 18.5. The number of nitrogens with zero attached hydrogens (tertiary/aromatic N) is 12. The lowest BCUT2D eigenvalue weighted by molar-refractivity contribution is -0.121. The third-order valence-corrected chi connectivity index (χ3v) is 26.7. The molecule has 17 N–H and O–H groups in total. The van der Waals surface area contributed by atoms with Crippen molar-refractivity contribution in [2.75, 3.05) is 118 Å². The van der Waals surface area contributed by atoms with Crippen LogP contribution in [0.4, 0.5) is 33.5 Å². The Morgan fingerprint density at radius 2 is 0.705 bits per heavy atom. The summed E-state index contributed by atoms with van der Waals surface area (Å²) in [5, 5.41) is 62.5. The molecule has 19 rings (SSSR count). The zero-order valence-corrected chi connectivity index (χ0v) is 82.6. The van der Waals surface area contributed by atoms with E-state index < -0.39 is 29.5 Å². The molecule has 0 radical (unpaired) electrons. The van der Waals surface area contributed by atoms with Gasteiger partial charge in [-0.1, -0.05) is 36.4 Å². The molecule has 149 heavy (non-hydrogen) atoms. The van der Waals surface area contributed by atoms with Crippen molar-refractivity contribution >= 4 is 132 Å². The monoisotopic (exact) mass is 2040 g/mol. The summed E-state index contributed by atoms with van der Waals surface area (Å²) in [4.78, 5) is 158. The summed E-state index contributed by atoms with van der Waals surface area (Å²) < 4.78 is 38.5. The third-order valence-electron chi connectivity index (χ3n) is 26.7. The van der Waals surface area contributed by atoms with Crippen LogP contribution in [0.1, 0.15) is 163 Å². The molecule has 44 heteroatoms. The average molecular weight is 2040 g/mol. The summed E-state index contributed by atoms with van der Waals surface area (Å²) in [5.74, 6) is 2.26. The van der Waals surface area contributed by atoms with Crippen molar-refractivity contribution in [2.24, 2.45) is 14.1 Å². The molecule has 5 saturated heterocycles. The third kappa shape index (κ3) is 26.7. The first-order valence-corrected chi connectivity index (χ1v) is 48.3. The molecule has 5 fully saturated rings. The van der Waals surface area contributed by atoms with Crippen LogP contribution in [0.3, 0.4) is 0 Å². The van der Waals surface area contributed by atoms with Crippen molar-refractivity contribution in [1.82, 2.24) is 98.0 Å². The van der Waals surface area contributed by atoms with E-state index in [1.165, 1.54) is 50.2 Å². The first-order chi connectivity index (χ1) is 72.2. The van der Waals surface area contributed by atoms with E-state index in [2.05, 4.69) is 86.0 Å². The van der Waals surface area contributed by atoms with Crippen molar-refractivity contribution < 1.29 is 97.3 Å². The molecule has 0 bridgehead atoms. The van der Waals surface area contributed by atoms with Gasteiger partial charge in [0.15, 0.2) is 11.5 Å². The molecular formula is C105H117FN24O19. The number of anilines is 5. The van der Waals surface area contributed by atoms with Gasteiger partial charge in [-0.25, -0.2) is 56.7 Å². The number of carbonyl (C=O) groups is 10. The Bertz CT molecular complexity index is 7020. The number of halogens is 1. The Kier molecular flexibility index (Phi) is 35.5. The second-order valence-corrected chi connectivity index (χ2v) is 36.1. The van der Waals surface area contributed by atoms with Gasteiger partial charge < -0.3 is 89.1 Å². The number of rotatable bonds is 25. The number of hydrogen-bond donors (Lipinski definition) is 17. The Balaban J connectivity index is 0.000000139. The molecule has 5 aliphatic rings. The van der Waals surface area contributed by atoms with Gasteiger partial charge in [0.05, 0.1) is 68.2 Å². The van der Waals surface area contributed by atoms with E-state index >= 15 is 0 Å². The molecule has 0 spiro atoms. The molecule has 43 nitrogen and oxygen atoms in total. The molecule has 0 unspecified atom stereocenters. The molecule has 5 aromatic carbocycles. The summed E-state index contributed by atoms with van der Waals surface area (Å²) in [6.07, 6.45) is 17.1. The van der Waals surface area contributed by atoms with Crippen LogP contribution in [0.25, 0.3) is 43.6 Å². The van der Waals surface area contributed by atoms with Gasteiger partial charge in [-0.2, -0.15) is 0 Å². The fraction of sp³-hybridized carbons (Fsp3) is 0.305. The molecular weight excluding hydrogens is 1920 g/mol. The van der Waals surface area contributed by atoms with Crippen molar-refractivity contribution in [2.45, 2.75) is 101 Å². The SMILES string of the molecule is COc1cc(CC(=O)NC2CCN(c3ccc(C(=O)NO)cn3)CC2)cc(OC)c1OC.COc1ccc2[nH]c(C(=O)NC3CCN(c4ccc(C(=O)NO)cn4)CC3)cc2c1.Cn1c(C(=O)NC2CCN(c3ccc(C(=O)NO)cn3)CC2)cc2ccccc21.Cn1cc(C(=O)NC2CCN(c3ccc(C(=O)NO)cn3)CC2)c2ccccc21.O=C(NO)c1ccc(N2CCC(NC(=O)c3cc4cc(F)ccc4[nH]3)CC2)nc1. The van der Waals surface area contributed by atoms with E-state index in [1.54, 1.807) is 134 Å². The van der Waals surface area contributed by atoms with E-state index in [-0.39, 0.29) is 83.1 Å². The standard InChI is InChI=1S/C22H28N4O6.C21H23N5O4.2C21H23N5O3.C20H20FN5O3/c1-30-17-10-14(11-18(31-2)21(17)32-3)12-20(27)24-16-6-8-26(9-7-16)19-5-4-15(13-23-19)22(28)25-29;1-30-16-3-4-17-14(10-16)11-18(24-17)21(28)23-15-6-8-26(9-7-15)19-5-2-13(12-22-19)20(27)25-29;1-25-13-17(16-4-2-3-5-18(16)25)21(28)23-15-8-10-26(11-9-15)19-7-6-14(12-22-19)20(27)24-29;1-25-17-5-3-2-4-14(17)12-18(25)21(28)23-16-8-10-26(11-9-16)19-7-6-15(13-22-19)20(27)24-29;21-14-2-3-16-13(9-14)10-17(24-16)20(28)23-15-5-7-26(8-6-15)18-4-1-12(11-22-18)19(27)25-29/h4-5,10-11,13,16,29H,6-9,12H2,1-3H3,(H,24,27)(H,25,28);2-5,10-12,15,24,29H,6-9H2,1H3,(H,23,28)(H,25,27);2-7,12-13,15,29H,8-11H2,1H3,(H,23,28)(H,24,27);2-7,12-13,16,29H,8-11H2,1H3,(H,23,28)(H,24,27);1-4,9-11,15,24,29H,5-8H2,(H,23,28)(H,25,27). The lowest BCUT2D eigenvalue weighted by atomic mass is 10.0. The van der Waals surface area contributed by atoms with Gasteiger partial charge in [-0.3, -0.25) is 74.0 Å². The van der Waals surface area contributed by atoms with Crippen molar-refractivity contribution in [3.05, 3.63) is 275 Å². The average Bonchev–Trinajstić information content (AvgIpc) is 1.66. The Labute approximate surface area is 854 Å². The minimum atomic E-state index is -0.606. The minimum absolute atomic E-state index is 0.0290. The summed E-state index contributed by atoms with van der Waals surface area (Å²) in [6.45, 7) is 7.42. The Morgan fingerprint density at radius 1 is 0.356 bits per heavy atom. The van der Waals surface area contributed by atoms with Gasteiger partial charge in [0.2, 0.25) is 11.7 Å². The van der Waals surface area contributed by atoms with Crippen molar-refractivity contribution in [3.63, 3.8) is 0 Å². The maximum atomic E-state index is 13.3. The predicted octanol–water partition coefficient (Wildman–Crippen LogP) is 10.0. The molecule has 0 atom stereocenters. The maximum absolute atomic E-state index is 13.3. The number of carbonyl (C=O) groups excluding carboxylic acids is 10. The highest BCUT2D eigenvalue weighted by Crippen LogP contribution is 2.39. The Morgan fingerprint density at radius 3 is 1.06 bits per heavy atom. The lowest BCUT2D eigenvalue weighted by Crippen LogP contribution is -2.45. The molecule has 9 aromatic heterocycles. The first kappa shape index (κ1) is 106. The second kappa shape index (κ2) is 50.0. The number of ether oxygens (including phenoxy) is 4. The molecule has 778 valence electrons. The lowest BCUT2D eigenvalue weighted by Gasteiger charge is -2.33. The number of pyridine rings is 5. The summed E-state index contributed by atoms with van der Waals surface area (Å²) in [7, 11) is 10.1. The van der Waals surface area contributed by atoms with Crippen LogP contribution in [-0.2, 0) is 25.3 Å². The van der Waals surface area contributed by atoms with Gasteiger partial charge >= 0.3 is 0 Å². The number of nitrogens with one attached hydrogen (secondary N) is 12. The number of hydroxylamine groups is 5. The molecule has 10 amide bonds. The van der Waals surface area contributed by atoms with E-state index in [0.717, 1.165) is 195 Å². The van der Waals surface area contributed by atoms with Crippen LogP contribution in [0.5, 0.6) is 23.0 Å². The number of H-pyrrole nitrogens is 2.